The predicted octanol–water partition coefficient (Wildman–Crippen LogP) is 2.08. The minimum atomic E-state index is -0.792. The Balaban J connectivity index is 2.94. The Morgan fingerprint density at radius 3 is 2.54 bits per heavy atom. The molecule has 1 N–H and O–H groups in total. The second kappa shape index (κ2) is 4.15. The molecule has 0 radical (unpaired) electrons. The molecule has 0 saturated carbocycles. The Kier molecular flexibility index (Phi) is 3.16. The summed E-state index contributed by atoms with van der Waals surface area (Å²) in [6, 6.07) is 5.46. The SMILES string of the molecule is Cc1cc(C#C[SiH](C)C)ccc1O. The Morgan fingerprint density at radius 2 is 2.00 bits per heavy atom. The van der Waals surface area contributed by atoms with E-state index in [1.165, 1.54) is 0 Å². The first-order chi connectivity index (χ1) is 6.09. The largest absolute Gasteiger partial charge is 0.508 e. The maximum atomic E-state index is 9.28. The molecule has 0 bridgehead atoms. The van der Waals surface area contributed by atoms with Crippen molar-refractivity contribution in [2.24, 2.45) is 0 Å². The van der Waals surface area contributed by atoms with E-state index in [2.05, 4.69) is 24.6 Å². The van der Waals surface area contributed by atoms with Gasteiger partial charge in [0.15, 0.2) is 0 Å². The third-order valence-corrected chi connectivity index (χ3v) is 2.42. The van der Waals surface area contributed by atoms with Crippen LogP contribution in [0.1, 0.15) is 11.1 Å². The van der Waals surface area contributed by atoms with Crippen LogP contribution in [0.25, 0.3) is 0 Å². The zero-order chi connectivity index (χ0) is 9.84. The van der Waals surface area contributed by atoms with Crippen LogP contribution in [0, 0.1) is 18.4 Å². The number of rotatable bonds is 0. The van der Waals surface area contributed by atoms with E-state index in [0.29, 0.717) is 5.75 Å². The number of phenols is 1. The molecule has 0 aliphatic heterocycles. The summed E-state index contributed by atoms with van der Waals surface area (Å²) in [4.78, 5) is 0. The minimum Gasteiger partial charge on any atom is -0.508 e. The molecule has 0 fully saturated rings. The summed E-state index contributed by atoms with van der Waals surface area (Å²) in [6.07, 6.45) is 0. The first kappa shape index (κ1) is 9.88. The highest BCUT2D eigenvalue weighted by molar-refractivity contribution is 6.64. The average molecular weight is 190 g/mol. The van der Waals surface area contributed by atoms with E-state index in [1.54, 1.807) is 6.07 Å². The summed E-state index contributed by atoms with van der Waals surface area (Å²) < 4.78 is 0. The van der Waals surface area contributed by atoms with E-state index < -0.39 is 8.80 Å². The molecule has 0 atom stereocenters. The summed E-state index contributed by atoms with van der Waals surface area (Å²) >= 11 is 0. The number of hydrogen-bond donors (Lipinski definition) is 1. The van der Waals surface area contributed by atoms with Gasteiger partial charge in [0.05, 0.1) is 0 Å². The Morgan fingerprint density at radius 1 is 1.31 bits per heavy atom. The van der Waals surface area contributed by atoms with Gasteiger partial charge in [-0.2, -0.15) is 0 Å². The van der Waals surface area contributed by atoms with E-state index in [4.69, 9.17) is 0 Å². The molecule has 0 unspecified atom stereocenters. The molecule has 0 heterocycles. The van der Waals surface area contributed by atoms with Gasteiger partial charge in [-0.1, -0.05) is 19.0 Å². The fraction of sp³-hybridized carbons (Fsp3) is 0.273. The van der Waals surface area contributed by atoms with Crippen molar-refractivity contribution in [3.8, 4) is 17.2 Å². The molecule has 1 rings (SSSR count). The molecule has 2 heteroatoms. The van der Waals surface area contributed by atoms with Crippen LogP contribution in [-0.4, -0.2) is 13.9 Å². The maximum absolute atomic E-state index is 9.28. The fourth-order valence-electron chi connectivity index (χ4n) is 0.961. The maximum Gasteiger partial charge on any atom is 0.118 e. The summed E-state index contributed by atoms with van der Waals surface area (Å²) in [6.45, 7) is 6.27. The number of phenolic OH excluding ortho intramolecular Hbond substituents is 1. The smallest absolute Gasteiger partial charge is 0.118 e. The highest BCUT2D eigenvalue weighted by atomic mass is 28.3. The van der Waals surface area contributed by atoms with Gasteiger partial charge in [0.25, 0.3) is 0 Å². The molecule has 1 aromatic rings. The predicted molar refractivity (Wildman–Crippen MR) is 58.6 cm³/mol. The van der Waals surface area contributed by atoms with Crippen LogP contribution in [0.5, 0.6) is 5.75 Å². The van der Waals surface area contributed by atoms with Crippen LogP contribution in [-0.2, 0) is 0 Å². The highest BCUT2D eigenvalue weighted by Gasteiger charge is 1.95. The van der Waals surface area contributed by atoms with Gasteiger partial charge in [0.2, 0.25) is 0 Å². The van der Waals surface area contributed by atoms with E-state index in [9.17, 15) is 5.11 Å². The van der Waals surface area contributed by atoms with Crippen LogP contribution in [0.4, 0.5) is 0 Å². The molecule has 0 spiro atoms. The molecule has 0 amide bonds. The first-order valence-corrected chi connectivity index (χ1v) is 7.29. The van der Waals surface area contributed by atoms with Crippen molar-refractivity contribution < 1.29 is 5.11 Å². The van der Waals surface area contributed by atoms with Gasteiger partial charge >= 0.3 is 0 Å². The number of aromatic hydroxyl groups is 1. The lowest BCUT2D eigenvalue weighted by Crippen LogP contribution is -1.93. The van der Waals surface area contributed by atoms with Gasteiger partial charge in [-0.05, 0) is 30.7 Å². The lowest BCUT2D eigenvalue weighted by Gasteiger charge is -1.97. The molecule has 0 saturated heterocycles. The van der Waals surface area contributed by atoms with Crippen LogP contribution >= 0.6 is 0 Å². The van der Waals surface area contributed by atoms with Crippen molar-refractivity contribution in [3.05, 3.63) is 29.3 Å². The van der Waals surface area contributed by atoms with Crippen molar-refractivity contribution in [1.29, 1.82) is 0 Å². The van der Waals surface area contributed by atoms with Crippen LogP contribution in [0.2, 0.25) is 13.1 Å². The van der Waals surface area contributed by atoms with Gasteiger partial charge < -0.3 is 5.11 Å². The third-order valence-electron chi connectivity index (χ3n) is 1.70. The average Bonchev–Trinajstić information content (AvgIpc) is 2.07. The topological polar surface area (TPSA) is 20.2 Å². The summed E-state index contributed by atoms with van der Waals surface area (Å²) in [5.74, 6) is 3.45. The van der Waals surface area contributed by atoms with E-state index in [0.717, 1.165) is 11.1 Å². The standard InChI is InChI=1S/C11H14OSi/c1-9-8-10(4-5-11(9)12)6-7-13(2)3/h4-5,8,12-13H,1-3H3. The van der Waals surface area contributed by atoms with E-state index in [1.807, 2.05) is 19.1 Å². The number of benzene rings is 1. The zero-order valence-corrected chi connectivity index (χ0v) is 9.41. The van der Waals surface area contributed by atoms with Crippen LogP contribution in [0.15, 0.2) is 18.2 Å². The van der Waals surface area contributed by atoms with Gasteiger partial charge in [-0.15, -0.1) is 5.54 Å². The molecule has 68 valence electrons. The molecule has 13 heavy (non-hydrogen) atoms. The lowest BCUT2D eigenvalue weighted by atomic mass is 10.1. The summed E-state index contributed by atoms with van der Waals surface area (Å²) in [7, 11) is -0.792. The normalized spacial score (nSPS) is 9.54. The van der Waals surface area contributed by atoms with Gasteiger partial charge in [0, 0.05) is 5.56 Å². The third kappa shape index (κ3) is 2.96. The minimum absolute atomic E-state index is 0.340. The van der Waals surface area contributed by atoms with Crippen molar-refractivity contribution in [2.75, 3.05) is 0 Å². The number of hydrogen-bond acceptors (Lipinski definition) is 1. The monoisotopic (exact) mass is 190 g/mol. The van der Waals surface area contributed by atoms with Gasteiger partial charge in [-0.3, -0.25) is 0 Å². The highest BCUT2D eigenvalue weighted by Crippen LogP contribution is 2.15. The second-order valence-corrected chi connectivity index (χ2v) is 6.02. The summed E-state index contributed by atoms with van der Waals surface area (Å²) in [5.41, 5.74) is 5.10. The fourth-order valence-corrected chi connectivity index (χ4v) is 1.42. The molecule has 0 aliphatic rings. The zero-order valence-electron chi connectivity index (χ0n) is 8.26. The summed E-state index contributed by atoms with van der Waals surface area (Å²) in [5, 5.41) is 9.28. The van der Waals surface area contributed by atoms with Gasteiger partial charge in [0.1, 0.15) is 14.5 Å². The molecular formula is C11H14OSi. The second-order valence-electron chi connectivity index (χ2n) is 3.43. The van der Waals surface area contributed by atoms with Crippen LogP contribution < -0.4 is 0 Å². The Labute approximate surface area is 81.0 Å². The van der Waals surface area contributed by atoms with Crippen molar-refractivity contribution in [2.45, 2.75) is 20.0 Å². The lowest BCUT2D eigenvalue weighted by molar-refractivity contribution is 0.471. The first-order valence-electron chi connectivity index (χ1n) is 4.41. The molecular weight excluding hydrogens is 176 g/mol. The van der Waals surface area contributed by atoms with Crippen molar-refractivity contribution >= 4 is 8.80 Å². The number of aryl methyl sites for hydroxylation is 1. The molecule has 0 aliphatic carbocycles. The Bertz CT molecular complexity index is 358. The Hall–Kier alpha value is -1.20. The van der Waals surface area contributed by atoms with Crippen molar-refractivity contribution in [1.82, 2.24) is 0 Å². The van der Waals surface area contributed by atoms with Crippen LogP contribution in [0.3, 0.4) is 0 Å². The van der Waals surface area contributed by atoms with Gasteiger partial charge in [-0.25, -0.2) is 0 Å². The van der Waals surface area contributed by atoms with E-state index >= 15 is 0 Å². The van der Waals surface area contributed by atoms with E-state index in [-0.39, 0.29) is 0 Å². The molecule has 0 aromatic heterocycles. The van der Waals surface area contributed by atoms with Crippen molar-refractivity contribution in [3.63, 3.8) is 0 Å². The molecule has 1 nitrogen and oxygen atoms in total. The quantitative estimate of drug-likeness (QED) is 0.490. The molecule has 1 aromatic carbocycles.